The van der Waals surface area contributed by atoms with Gasteiger partial charge < -0.3 is 5.73 Å². The highest BCUT2D eigenvalue weighted by Crippen LogP contribution is 2.33. The molecule has 2 atom stereocenters. The lowest BCUT2D eigenvalue weighted by Gasteiger charge is -2.46. The molecule has 2 unspecified atom stereocenters. The molecule has 2 heteroatoms. The molecule has 0 amide bonds. The molecule has 1 aliphatic heterocycles. The molecule has 2 aliphatic rings. The van der Waals surface area contributed by atoms with E-state index in [-0.39, 0.29) is 0 Å². The van der Waals surface area contributed by atoms with Crippen LogP contribution in [0.2, 0.25) is 0 Å². The standard InChI is InChI=1S/C11H22N2/c1-8-4-11(5-8)13-6-9(2)3-10(12)7-13/h8-11H,3-7,12H2,1-2H3. The van der Waals surface area contributed by atoms with Gasteiger partial charge >= 0.3 is 0 Å². The second-order valence-corrected chi connectivity index (χ2v) is 5.29. The van der Waals surface area contributed by atoms with Crippen LogP contribution in [-0.4, -0.2) is 30.1 Å². The Morgan fingerprint density at radius 1 is 1.00 bits per heavy atom. The third-order valence-corrected chi connectivity index (χ3v) is 3.59. The van der Waals surface area contributed by atoms with E-state index in [1.54, 1.807) is 0 Å². The van der Waals surface area contributed by atoms with Crippen molar-refractivity contribution in [2.45, 2.75) is 45.2 Å². The van der Waals surface area contributed by atoms with Gasteiger partial charge in [0, 0.05) is 25.2 Å². The smallest absolute Gasteiger partial charge is 0.0170 e. The molecule has 1 heterocycles. The fourth-order valence-electron chi connectivity index (χ4n) is 2.90. The van der Waals surface area contributed by atoms with Crippen LogP contribution in [0.25, 0.3) is 0 Å². The van der Waals surface area contributed by atoms with Gasteiger partial charge in [0.15, 0.2) is 0 Å². The second kappa shape index (κ2) is 3.58. The number of nitrogens with zero attached hydrogens (tertiary/aromatic N) is 1. The zero-order valence-electron chi connectivity index (χ0n) is 8.87. The highest BCUT2D eigenvalue weighted by Gasteiger charge is 2.34. The second-order valence-electron chi connectivity index (χ2n) is 5.29. The number of piperidine rings is 1. The third kappa shape index (κ3) is 2.05. The van der Waals surface area contributed by atoms with E-state index in [1.165, 1.54) is 25.8 Å². The molecule has 2 nitrogen and oxygen atoms in total. The fourth-order valence-corrected chi connectivity index (χ4v) is 2.90. The zero-order valence-corrected chi connectivity index (χ0v) is 8.87. The Morgan fingerprint density at radius 3 is 2.23 bits per heavy atom. The molecule has 2 rings (SSSR count). The summed E-state index contributed by atoms with van der Waals surface area (Å²) in [5.41, 5.74) is 6.03. The summed E-state index contributed by atoms with van der Waals surface area (Å²) in [6.45, 7) is 7.10. The lowest BCUT2D eigenvalue weighted by atomic mass is 9.79. The Kier molecular flexibility index (Phi) is 2.61. The lowest BCUT2D eigenvalue weighted by molar-refractivity contribution is 0.0439. The molecule has 0 radical (unpaired) electrons. The van der Waals surface area contributed by atoms with Crippen molar-refractivity contribution >= 4 is 0 Å². The average molecular weight is 182 g/mol. The first-order chi connectivity index (χ1) is 6.15. The van der Waals surface area contributed by atoms with E-state index in [9.17, 15) is 0 Å². The molecule has 0 bridgehead atoms. The largest absolute Gasteiger partial charge is 0.327 e. The first-order valence-corrected chi connectivity index (χ1v) is 5.64. The number of hydrogen-bond acceptors (Lipinski definition) is 2. The van der Waals surface area contributed by atoms with Crippen LogP contribution in [0.1, 0.15) is 33.1 Å². The fraction of sp³-hybridized carbons (Fsp3) is 1.00. The van der Waals surface area contributed by atoms with E-state index < -0.39 is 0 Å². The predicted octanol–water partition coefficient (Wildman–Crippen LogP) is 1.45. The van der Waals surface area contributed by atoms with E-state index >= 15 is 0 Å². The summed E-state index contributed by atoms with van der Waals surface area (Å²) in [6.07, 6.45) is 4.03. The van der Waals surface area contributed by atoms with Gasteiger partial charge in [-0.25, -0.2) is 0 Å². The van der Waals surface area contributed by atoms with Crippen molar-refractivity contribution in [3.8, 4) is 0 Å². The number of rotatable bonds is 1. The van der Waals surface area contributed by atoms with Crippen molar-refractivity contribution in [1.82, 2.24) is 4.90 Å². The average Bonchev–Trinajstić information content (AvgIpc) is 1.96. The van der Waals surface area contributed by atoms with Crippen LogP contribution in [0.5, 0.6) is 0 Å². The number of nitrogens with two attached hydrogens (primary N) is 1. The Hall–Kier alpha value is -0.0800. The highest BCUT2D eigenvalue weighted by molar-refractivity contribution is 4.90. The van der Waals surface area contributed by atoms with Gasteiger partial charge in [-0.1, -0.05) is 13.8 Å². The van der Waals surface area contributed by atoms with E-state index in [1.807, 2.05) is 0 Å². The van der Waals surface area contributed by atoms with Crippen LogP contribution in [0.4, 0.5) is 0 Å². The van der Waals surface area contributed by atoms with Gasteiger partial charge in [-0.15, -0.1) is 0 Å². The summed E-state index contributed by atoms with van der Waals surface area (Å²) in [4.78, 5) is 2.62. The lowest BCUT2D eigenvalue weighted by Crippen LogP contribution is -2.54. The SMILES string of the molecule is CC1CC(N2CC(C)CC(N)C2)C1. The quantitative estimate of drug-likeness (QED) is 0.665. The van der Waals surface area contributed by atoms with Crippen molar-refractivity contribution in [2.24, 2.45) is 17.6 Å². The molecule has 1 saturated heterocycles. The summed E-state index contributed by atoms with van der Waals surface area (Å²) in [7, 11) is 0. The van der Waals surface area contributed by atoms with E-state index in [4.69, 9.17) is 5.73 Å². The Labute approximate surface area is 81.5 Å². The molecule has 2 fully saturated rings. The molecule has 2 N–H and O–H groups in total. The maximum Gasteiger partial charge on any atom is 0.0170 e. The predicted molar refractivity (Wildman–Crippen MR) is 55.5 cm³/mol. The molecule has 0 aromatic rings. The minimum Gasteiger partial charge on any atom is -0.327 e. The van der Waals surface area contributed by atoms with E-state index in [0.717, 1.165) is 24.4 Å². The van der Waals surface area contributed by atoms with Crippen molar-refractivity contribution in [1.29, 1.82) is 0 Å². The molecule has 0 aromatic carbocycles. The topological polar surface area (TPSA) is 29.3 Å². The van der Waals surface area contributed by atoms with Gasteiger partial charge in [-0.3, -0.25) is 4.90 Å². The van der Waals surface area contributed by atoms with Crippen molar-refractivity contribution in [3.05, 3.63) is 0 Å². The Bertz CT molecular complexity index is 165. The van der Waals surface area contributed by atoms with Crippen LogP contribution in [0, 0.1) is 11.8 Å². The highest BCUT2D eigenvalue weighted by atomic mass is 15.2. The molecule has 1 saturated carbocycles. The number of hydrogen-bond donors (Lipinski definition) is 1. The normalized spacial score (nSPS) is 47.3. The maximum atomic E-state index is 6.03. The van der Waals surface area contributed by atoms with Crippen molar-refractivity contribution in [3.63, 3.8) is 0 Å². The van der Waals surface area contributed by atoms with Gasteiger partial charge in [0.1, 0.15) is 0 Å². The summed E-state index contributed by atoms with van der Waals surface area (Å²) in [6, 6.07) is 1.29. The maximum absolute atomic E-state index is 6.03. The monoisotopic (exact) mass is 182 g/mol. The zero-order chi connectivity index (χ0) is 9.42. The van der Waals surface area contributed by atoms with E-state index in [2.05, 4.69) is 18.7 Å². The first kappa shape index (κ1) is 9.47. The third-order valence-electron chi connectivity index (χ3n) is 3.59. The van der Waals surface area contributed by atoms with Crippen molar-refractivity contribution in [2.75, 3.05) is 13.1 Å². The molecular weight excluding hydrogens is 160 g/mol. The first-order valence-electron chi connectivity index (χ1n) is 5.64. The van der Waals surface area contributed by atoms with Gasteiger partial charge in [0.2, 0.25) is 0 Å². The van der Waals surface area contributed by atoms with Gasteiger partial charge in [0.05, 0.1) is 0 Å². The summed E-state index contributed by atoms with van der Waals surface area (Å²) >= 11 is 0. The number of likely N-dealkylation sites (tertiary alicyclic amines) is 1. The van der Waals surface area contributed by atoms with Crippen LogP contribution in [0.3, 0.4) is 0 Å². The van der Waals surface area contributed by atoms with Crippen LogP contribution < -0.4 is 5.73 Å². The minimum atomic E-state index is 0.430. The molecular formula is C11H22N2. The molecule has 0 aromatic heterocycles. The Balaban J connectivity index is 1.85. The van der Waals surface area contributed by atoms with Gasteiger partial charge in [0.25, 0.3) is 0 Å². The summed E-state index contributed by atoms with van der Waals surface area (Å²) in [5.74, 6) is 1.76. The van der Waals surface area contributed by atoms with Crippen molar-refractivity contribution < 1.29 is 0 Å². The molecule has 76 valence electrons. The Morgan fingerprint density at radius 2 is 1.69 bits per heavy atom. The van der Waals surface area contributed by atoms with Crippen LogP contribution in [-0.2, 0) is 0 Å². The molecule has 1 aliphatic carbocycles. The van der Waals surface area contributed by atoms with Crippen LogP contribution >= 0.6 is 0 Å². The van der Waals surface area contributed by atoms with Gasteiger partial charge in [-0.2, -0.15) is 0 Å². The minimum absolute atomic E-state index is 0.430. The van der Waals surface area contributed by atoms with Crippen LogP contribution in [0.15, 0.2) is 0 Å². The summed E-state index contributed by atoms with van der Waals surface area (Å²) < 4.78 is 0. The van der Waals surface area contributed by atoms with E-state index in [0.29, 0.717) is 6.04 Å². The van der Waals surface area contributed by atoms with Gasteiger partial charge in [-0.05, 0) is 31.1 Å². The summed E-state index contributed by atoms with van der Waals surface area (Å²) in [5, 5.41) is 0. The molecule has 13 heavy (non-hydrogen) atoms. The molecule has 0 spiro atoms.